The fraction of sp³-hybridized carbons (Fsp3) is 0.444. The number of nitrogens with two attached hydrogens (primary N) is 1. The Balaban J connectivity index is 2.36. The highest BCUT2D eigenvalue weighted by Gasteiger charge is 2.29. The van der Waals surface area contributed by atoms with Crippen LogP contribution in [-0.2, 0) is 4.74 Å². The molecule has 1 saturated heterocycles. The summed E-state index contributed by atoms with van der Waals surface area (Å²) in [6, 6.07) is 1.96. The van der Waals surface area contributed by atoms with Gasteiger partial charge in [-0.05, 0) is 0 Å². The van der Waals surface area contributed by atoms with Crippen molar-refractivity contribution in [1.82, 2.24) is 9.97 Å². The molecule has 0 aromatic carbocycles. The van der Waals surface area contributed by atoms with Gasteiger partial charge in [-0.3, -0.25) is 10.1 Å². The van der Waals surface area contributed by atoms with E-state index >= 15 is 0 Å². The third kappa shape index (κ3) is 2.14. The van der Waals surface area contributed by atoms with E-state index in [4.69, 9.17) is 15.7 Å². The van der Waals surface area contributed by atoms with Gasteiger partial charge in [0.2, 0.25) is 11.6 Å². The lowest BCUT2D eigenvalue weighted by Gasteiger charge is -2.30. The number of ether oxygens (including phenoxy) is 1. The average Bonchev–Trinajstić information content (AvgIpc) is 2.38. The molecule has 0 spiro atoms. The number of hydrogen-bond acceptors (Lipinski definition) is 8. The van der Waals surface area contributed by atoms with Crippen LogP contribution in [0.15, 0.2) is 6.33 Å². The minimum absolute atomic E-state index is 0.121. The van der Waals surface area contributed by atoms with Gasteiger partial charge in [0.15, 0.2) is 6.10 Å². The van der Waals surface area contributed by atoms with E-state index in [1.165, 1.54) is 0 Å². The van der Waals surface area contributed by atoms with Crippen LogP contribution >= 0.6 is 0 Å². The number of nitrogen functional groups attached to an aromatic ring is 1. The maximum absolute atomic E-state index is 11.0. The lowest BCUT2D eigenvalue weighted by atomic mass is 10.3. The first-order chi connectivity index (χ1) is 8.63. The maximum Gasteiger partial charge on any atom is 0.353 e. The van der Waals surface area contributed by atoms with Crippen LogP contribution in [-0.4, -0.2) is 40.7 Å². The summed E-state index contributed by atoms with van der Waals surface area (Å²) in [5.41, 5.74) is 5.14. The first kappa shape index (κ1) is 12.0. The highest BCUT2D eigenvalue weighted by molar-refractivity contribution is 5.68. The molecule has 0 radical (unpaired) electrons. The molecule has 94 valence electrons. The molecule has 1 aliphatic rings. The van der Waals surface area contributed by atoms with Crippen LogP contribution in [0.2, 0.25) is 0 Å². The Labute approximate surface area is 102 Å². The van der Waals surface area contributed by atoms with E-state index < -0.39 is 11.0 Å². The molecule has 9 heteroatoms. The summed E-state index contributed by atoms with van der Waals surface area (Å²) in [5.74, 6) is -0.0685. The predicted molar refractivity (Wildman–Crippen MR) is 60.7 cm³/mol. The first-order valence-electron chi connectivity index (χ1n) is 5.14. The second kappa shape index (κ2) is 4.80. The minimum atomic E-state index is -0.630. The van der Waals surface area contributed by atoms with Crippen LogP contribution in [0.3, 0.4) is 0 Å². The Morgan fingerprint density at radius 2 is 2.44 bits per heavy atom. The summed E-state index contributed by atoms with van der Waals surface area (Å²) in [6.07, 6.45) is 0.531. The van der Waals surface area contributed by atoms with Gasteiger partial charge in [-0.25, -0.2) is 9.97 Å². The average molecular weight is 250 g/mol. The summed E-state index contributed by atoms with van der Waals surface area (Å²) in [4.78, 5) is 19.4. The predicted octanol–water partition coefficient (Wildman–Crippen LogP) is -0.304. The fourth-order valence-corrected chi connectivity index (χ4v) is 1.71. The number of aromatic nitrogens is 2. The molecule has 1 aromatic rings. The van der Waals surface area contributed by atoms with E-state index in [0.29, 0.717) is 13.2 Å². The van der Waals surface area contributed by atoms with Crippen molar-refractivity contribution in [3.8, 4) is 6.07 Å². The number of hydrogen-bond donors (Lipinski definition) is 1. The molecule has 1 fully saturated rings. The lowest BCUT2D eigenvalue weighted by molar-refractivity contribution is -0.383. The summed E-state index contributed by atoms with van der Waals surface area (Å²) in [6.45, 7) is 0.933. The molecule has 0 saturated carbocycles. The number of anilines is 2. The van der Waals surface area contributed by atoms with E-state index in [0.717, 1.165) is 6.33 Å². The Hall–Kier alpha value is -2.47. The van der Waals surface area contributed by atoms with Crippen molar-refractivity contribution in [1.29, 1.82) is 5.26 Å². The molecule has 0 aliphatic carbocycles. The molecule has 1 aromatic heterocycles. The van der Waals surface area contributed by atoms with E-state index in [1.807, 2.05) is 6.07 Å². The largest absolute Gasteiger partial charge is 0.378 e. The smallest absolute Gasteiger partial charge is 0.353 e. The molecular weight excluding hydrogens is 240 g/mol. The van der Waals surface area contributed by atoms with Gasteiger partial charge in [0.1, 0.15) is 6.33 Å². The third-order valence-corrected chi connectivity index (χ3v) is 2.52. The molecule has 9 nitrogen and oxygen atoms in total. The van der Waals surface area contributed by atoms with E-state index in [-0.39, 0.29) is 23.9 Å². The number of nitrogens with zero attached hydrogens (tertiary/aromatic N) is 5. The van der Waals surface area contributed by atoms with Gasteiger partial charge in [-0.2, -0.15) is 5.26 Å². The lowest BCUT2D eigenvalue weighted by Crippen LogP contribution is -2.42. The number of rotatable bonds is 2. The van der Waals surface area contributed by atoms with Crippen molar-refractivity contribution >= 4 is 17.3 Å². The standard InChI is InChI=1S/C9H10N6O3/c10-3-6-4-14(1-2-18-6)9-7(15(16)17)8(11)12-5-13-9/h5-6H,1-2,4H2,(H2,11,12,13). The maximum atomic E-state index is 11.0. The number of nitriles is 1. The molecule has 1 atom stereocenters. The monoisotopic (exact) mass is 250 g/mol. The van der Waals surface area contributed by atoms with Crippen LogP contribution < -0.4 is 10.6 Å². The van der Waals surface area contributed by atoms with Crippen LogP contribution in [0.5, 0.6) is 0 Å². The Kier molecular flexibility index (Phi) is 3.20. The van der Waals surface area contributed by atoms with Gasteiger partial charge in [0.05, 0.1) is 24.1 Å². The SMILES string of the molecule is N#CC1CN(c2ncnc(N)c2[N+](=O)[O-])CCO1. The number of nitro groups is 1. The summed E-state index contributed by atoms with van der Waals surface area (Å²) in [7, 11) is 0. The summed E-state index contributed by atoms with van der Waals surface area (Å²) >= 11 is 0. The molecule has 0 bridgehead atoms. The highest BCUT2D eigenvalue weighted by Crippen LogP contribution is 2.30. The van der Waals surface area contributed by atoms with E-state index in [2.05, 4.69) is 9.97 Å². The van der Waals surface area contributed by atoms with Crippen LogP contribution in [0.4, 0.5) is 17.3 Å². The Morgan fingerprint density at radius 3 is 3.11 bits per heavy atom. The van der Waals surface area contributed by atoms with Crippen LogP contribution in [0.1, 0.15) is 0 Å². The van der Waals surface area contributed by atoms with Gasteiger partial charge in [-0.1, -0.05) is 0 Å². The van der Waals surface area contributed by atoms with Crippen molar-refractivity contribution in [2.75, 3.05) is 30.3 Å². The van der Waals surface area contributed by atoms with E-state index in [1.54, 1.807) is 4.90 Å². The topological polar surface area (TPSA) is 131 Å². The van der Waals surface area contributed by atoms with Crippen molar-refractivity contribution in [2.45, 2.75) is 6.10 Å². The van der Waals surface area contributed by atoms with E-state index in [9.17, 15) is 10.1 Å². The molecule has 18 heavy (non-hydrogen) atoms. The zero-order valence-electron chi connectivity index (χ0n) is 9.31. The number of morpholine rings is 1. The Bertz CT molecular complexity index is 514. The molecule has 0 amide bonds. The molecule has 2 rings (SSSR count). The first-order valence-corrected chi connectivity index (χ1v) is 5.14. The second-order valence-electron chi connectivity index (χ2n) is 3.62. The Morgan fingerprint density at radius 1 is 1.67 bits per heavy atom. The summed E-state index contributed by atoms with van der Waals surface area (Å²) in [5, 5.41) is 19.8. The second-order valence-corrected chi connectivity index (χ2v) is 3.62. The highest BCUT2D eigenvalue weighted by atomic mass is 16.6. The van der Waals surface area contributed by atoms with Crippen molar-refractivity contribution in [2.24, 2.45) is 0 Å². The van der Waals surface area contributed by atoms with Crippen molar-refractivity contribution < 1.29 is 9.66 Å². The van der Waals surface area contributed by atoms with Crippen LogP contribution in [0, 0.1) is 21.4 Å². The molecule has 2 heterocycles. The molecule has 1 aliphatic heterocycles. The minimum Gasteiger partial charge on any atom is -0.378 e. The zero-order chi connectivity index (χ0) is 13.1. The summed E-state index contributed by atoms with van der Waals surface area (Å²) < 4.78 is 5.16. The van der Waals surface area contributed by atoms with Gasteiger partial charge >= 0.3 is 5.69 Å². The van der Waals surface area contributed by atoms with Crippen molar-refractivity contribution in [3.63, 3.8) is 0 Å². The fourth-order valence-electron chi connectivity index (χ4n) is 1.71. The quantitative estimate of drug-likeness (QED) is 0.558. The zero-order valence-corrected chi connectivity index (χ0v) is 9.31. The third-order valence-electron chi connectivity index (χ3n) is 2.52. The van der Waals surface area contributed by atoms with Crippen molar-refractivity contribution in [3.05, 3.63) is 16.4 Å². The van der Waals surface area contributed by atoms with Crippen LogP contribution in [0.25, 0.3) is 0 Å². The molecule has 2 N–H and O–H groups in total. The van der Waals surface area contributed by atoms with Gasteiger partial charge < -0.3 is 15.4 Å². The molecule has 1 unspecified atom stereocenters. The molecular formula is C9H10N6O3. The normalized spacial score (nSPS) is 19.3. The van der Waals surface area contributed by atoms with Gasteiger partial charge in [0.25, 0.3) is 0 Å². The van der Waals surface area contributed by atoms with Gasteiger partial charge in [-0.15, -0.1) is 0 Å². The van der Waals surface area contributed by atoms with Gasteiger partial charge in [0, 0.05) is 6.54 Å².